The third kappa shape index (κ3) is 2.03. The third-order valence-electron chi connectivity index (χ3n) is 2.92. The van der Waals surface area contributed by atoms with Crippen LogP contribution < -0.4 is 0 Å². The van der Waals surface area contributed by atoms with Gasteiger partial charge in [0.1, 0.15) is 0 Å². The maximum atomic E-state index is 11.2. The van der Waals surface area contributed by atoms with Crippen molar-refractivity contribution in [2.45, 2.75) is 25.0 Å². The van der Waals surface area contributed by atoms with Crippen molar-refractivity contribution < 1.29 is 13.5 Å². The van der Waals surface area contributed by atoms with Crippen molar-refractivity contribution in [2.75, 3.05) is 24.6 Å². The summed E-state index contributed by atoms with van der Waals surface area (Å²) in [4.78, 5) is 2.11. The molecule has 76 valence electrons. The predicted molar refractivity (Wildman–Crippen MR) is 49.3 cm³/mol. The third-order valence-corrected chi connectivity index (χ3v) is 4.67. The lowest BCUT2D eigenvalue weighted by Gasteiger charge is -2.21. The molecule has 0 aromatic heterocycles. The van der Waals surface area contributed by atoms with Gasteiger partial charge in [0.25, 0.3) is 0 Å². The molecule has 1 N–H and O–H groups in total. The number of β-amino-alcohol motifs (C(OH)–C–C–N with tert-alkyl or cyclic N) is 1. The average molecular weight is 205 g/mol. The number of likely N-dealkylation sites (tertiary alicyclic amines) is 1. The van der Waals surface area contributed by atoms with Gasteiger partial charge in [-0.15, -0.1) is 0 Å². The van der Waals surface area contributed by atoms with Crippen molar-refractivity contribution >= 4 is 9.84 Å². The van der Waals surface area contributed by atoms with Gasteiger partial charge in [-0.25, -0.2) is 8.42 Å². The molecule has 2 saturated heterocycles. The Hall–Kier alpha value is -0.130. The zero-order valence-corrected chi connectivity index (χ0v) is 8.33. The number of hydrogen-bond donors (Lipinski definition) is 1. The first-order chi connectivity index (χ1) is 6.07. The van der Waals surface area contributed by atoms with E-state index in [1.54, 1.807) is 0 Å². The van der Waals surface area contributed by atoms with E-state index in [0.717, 1.165) is 19.4 Å². The Morgan fingerprint density at radius 3 is 2.54 bits per heavy atom. The quantitative estimate of drug-likeness (QED) is 0.611. The number of hydrogen-bond acceptors (Lipinski definition) is 4. The van der Waals surface area contributed by atoms with Gasteiger partial charge in [-0.3, -0.25) is 4.90 Å². The standard InChI is InChI=1S/C8H15NO3S/c10-8-1-3-9(5-8)7-2-4-13(11,12)6-7/h7-8,10H,1-6H2/t7-,8-/m0/s1. The molecule has 0 unspecified atom stereocenters. The Bertz CT molecular complexity index is 288. The highest BCUT2D eigenvalue weighted by molar-refractivity contribution is 7.91. The van der Waals surface area contributed by atoms with Gasteiger partial charge in [0, 0.05) is 19.1 Å². The Kier molecular flexibility index (Phi) is 2.33. The molecular formula is C8H15NO3S. The van der Waals surface area contributed by atoms with Crippen LogP contribution in [0, 0.1) is 0 Å². The molecule has 13 heavy (non-hydrogen) atoms. The van der Waals surface area contributed by atoms with Crippen LogP contribution in [0.4, 0.5) is 0 Å². The normalized spacial score (nSPS) is 39.8. The van der Waals surface area contributed by atoms with E-state index >= 15 is 0 Å². The summed E-state index contributed by atoms with van der Waals surface area (Å²) < 4.78 is 22.4. The molecule has 0 amide bonds. The number of aliphatic hydroxyl groups excluding tert-OH is 1. The fourth-order valence-electron chi connectivity index (χ4n) is 2.16. The van der Waals surface area contributed by atoms with Crippen LogP contribution in [0.25, 0.3) is 0 Å². The van der Waals surface area contributed by atoms with Gasteiger partial charge in [0.2, 0.25) is 0 Å². The number of sulfone groups is 1. The van der Waals surface area contributed by atoms with Crippen LogP contribution in [-0.2, 0) is 9.84 Å². The van der Waals surface area contributed by atoms with Crippen molar-refractivity contribution in [3.63, 3.8) is 0 Å². The molecule has 0 bridgehead atoms. The summed E-state index contributed by atoms with van der Waals surface area (Å²) in [5.41, 5.74) is 0. The van der Waals surface area contributed by atoms with Crippen molar-refractivity contribution in [3.05, 3.63) is 0 Å². The SMILES string of the molecule is O=S1(=O)CC[C@H](N2CC[C@H](O)C2)C1. The highest BCUT2D eigenvalue weighted by Crippen LogP contribution is 2.21. The first-order valence-corrected chi connectivity index (χ1v) is 6.51. The Morgan fingerprint density at radius 1 is 1.31 bits per heavy atom. The molecule has 4 nitrogen and oxygen atoms in total. The number of rotatable bonds is 1. The van der Waals surface area contributed by atoms with Crippen molar-refractivity contribution in [1.82, 2.24) is 4.90 Å². The smallest absolute Gasteiger partial charge is 0.151 e. The summed E-state index contributed by atoms with van der Waals surface area (Å²) in [6.45, 7) is 1.50. The fraction of sp³-hybridized carbons (Fsp3) is 1.00. The second-order valence-corrected chi connectivity index (χ2v) is 6.22. The van der Waals surface area contributed by atoms with E-state index in [-0.39, 0.29) is 12.1 Å². The summed E-state index contributed by atoms with van der Waals surface area (Å²) in [6.07, 6.45) is 1.29. The van der Waals surface area contributed by atoms with Gasteiger partial charge in [-0.05, 0) is 12.8 Å². The number of aliphatic hydroxyl groups is 1. The van der Waals surface area contributed by atoms with Crippen LogP contribution in [0.2, 0.25) is 0 Å². The minimum atomic E-state index is -2.77. The monoisotopic (exact) mass is 205 g/mol. The zero-order valence-electron chi connectivity index (χ0n) is 7.52. The first kappa shape index (κ1) is 9.43. The second-order valence-electron chi connectivity index (χ2n) is 3.99. The molecule has 2 heterocycles. The number of nitrogens with zero attached hydrogens (tertiary/aromatic N) is 1. The lowest BCUT2D eigenvalue weighted by molar-refractivity contribution is 0.164. The van der Waals surface area contributed by atoms with E-state index in [0.29, 0.717) is 18.1 Å². The minimum absolute atomic E-state index is 0.169. The van der Waals surface area contributed by atoms with Gasteiger partial charge >= 0.3 is 0 Å². The van der Waals surface area contributed by atoms with E-state index in [2.05, 4.69) is 4.90 Å². The lowest BCUT2D eigenvalue weighted by atomic mass is 10.2. The molecule has 2 fully saturated rings. The Labute approximate surface area is 78.5 Å². The van der Waals surface area contributed by atoms with Crippen LogP contribution in [0.5, 0.6) is 0 Å². The van der Waals surface area contributed by atoms with Crippen LogP contribution >= 0.6 is 0 Å². The highest BCUT2D eigenvalue weighted by Gasteiger charge is 2.35. The van der Waals surface area contributed by atoms with Gasteiger partial charge in [0.05, 0.1) is 17.6 Å². The molecule has 0 aromatic rings. The maximum Gasteiger partial charge on any atom is 0.151 e. The molecular weight excluding hydrogens is 190 g/mol. The summed E-state index contributed by atoms with van der Waals surface area (Å²) in [7, 11) is -2.77. The van der Waals surface area contributed by atoms with Crippen LogP contribution in [0.1, 0.15) is 12.8 Å². The molecule has 0 aromatic carbocycles. The molecule has 2 atom stereocenters. The van der Waals surface area contributed by atoms with E-state index in [1.807, 2.05) is 0 Å². The van der Waals surface area contributed by atoms with Crippen molar-refractivity contribution in [1.29, 1.82) is 0 Å². The van der Waals surface area contributed by atoms with Crippen molar-refractivity contribution in [3.8, 4) is 0 Å². The maximum absolute atomic E-state index is 11.2. The van der Waals surface area contributed by atoms with Crippen LogP contribution in [0.15, 0.2) is 0 Å². The minimum Gasteiger partial charge on any atom is -0.392 e. The molecule has 0 aliphatic carbocycles. The summed E-state index contributed by atoms with van der Waals surface area (Å²) >= 11 is 0. The van der Waals surface area contributed by atoms with Gasteiger partial charge in [-0.2, -0.15) is 0 Å². The molecule has 2 aliphatic heterocycles. The van der Waals surface area contributed by atoms with Gasteiger partial charge in [-0.1, -0.05) is 0 Å². The van der Waals surface area contributed by atoms with Crippen LogP contribution in [-0.4, -0.2) is 55.2 Å². The fourth-order valence-corrected chi connectivity index (χ4v) is 3.92. The van der Waals surface area contributed by atoms with E-state index in [4.69, 9.17) is 0 Å². The largest absolute Gasteiger partial charge is 0.392 e. The van der Waals surface area contributed by atoms with Crippen molar-refractivity contribution in [2.24, 2.45) is 0 Å². The van der Waals surface area contributed by atoms with E-state index in [1.165, 1.54) is 0 Å². The van der Waals surface area contributed by atoms with E-state index < -0.39 is 9.84 Å². The Balaban J connectivity index is 1.97. The van der Waals surface area contributed by atoms with Gasteiger partial charge < -0.3 is 5.11 Å². The molecule has 2 rings (SSSR count). The van der Waals surface area contributed by atoms with E-state index in [9.17, 15) is 13.5 Å². The summed E-state index contributed by atoms with van der Waals surface area (Å²) in [5, 5.41) is 9.30. The lowest BCUT2D eigenvalue weighted by Crippen LogP contribution is -2.34. The van der Waals surface area contributed by atoms with Gasteiger partial charge in [0.15, 0.2) is 9.84 Å². The molecule has 5 heteroatoms. The summed E-state index contributed by atoms with van der Waals surface area (Å²) in [6, 6.07) is 0.169. The first-order valence-electron chi connectivity index (χ1n) is 4.69. The molecule has 0 saturated carbocycles. The second kappa shape index (κ2) is 3.22. The average Bonchev–Trinajstić information content (AvgIpc) is 2.56. The summed E-state index contributed by atoms with van der Waals surface area (Å²) in [5.74, 6) is 0.615. The Morgan fingerprint density at radius 2 is 2.08 bits per heavy atom. The topological polar surface area (TPSA) is 57.6 Å². The molecule has 0 spiro atoms. The molecule has 0 radical (unpaired) electrons. The zero-order chi connectivity index (χ0) is 9.47. The predicted octanol–water partition coefficient (Wildman–Crippen LogP) is -0.760. The van der Waals surface area contributed by atoms with Crippen LogP contribution in [0.3, 0.4) is 0 Å². The highest BCUT2D eigenvalue weighted by atomic mass is 32.2. The molecule has 2 aliphatic rings.